The largest absolute Gasteiger partial charge is 0.116 e. The molecule has 0 heterocycles. The summed E-state index contributed by atoms with van der Waals surface area (Å²) in [6.07, 6.45) is 2.61. The second-order valence-corrected chi connectivity index (χ2v) is 1.59. The van der Waals surface area contributed by atoms with Crippen LogP contribution in [0.1, 0.15) is 19.8 Å². The average molecular weight is 118 g/mol. The minimum absolute atomic E-state index is 0.738. The lowest BCUT2D eigenvalue weighted by atomic mass is 10.1. The van der Waals surface area contributed by atoms with Gasteiger partial charge >= 0.3 is 0 Å². The molecule has 0 radical (unpaired) electrons. The highest BCUT2D eigenvalue weighted by molar-refractivity contribution is 6.10. The molecule has 0 aliphatic heterocycles. The Morgan fingerprint density at radius 1 is 1.11 bits per heavy atom. The molecule has 0 nitrogen and oxygen atoms in total. The fourth-order valence-corrected chi connectivity index (χ4v) is 0.419. The minimum atomic E-state index is 0.738. The van der Waals surface area contributed by atoms with Gasteiger partial charge in [-0.05, 0) is 6.32 Å². The van der Waals surface area contributed by atoms with E-state index in [1.165, 1.54) is 0 Å². The highest BCUT2D eigenvalue weighted by Crippen LogP contribution is 1.73. The van der Waals surface area contributed by atoms with Gasteiger partial charge in [0.2, 0.25) is 0 Å². The third-order valence-corrected chi connectivity index (χ3v) is 0.780. The molecule has 0 saturated heterocycles. The first-order chi connectivity index (χ1) is 4.41. The Bertz CT molecular complexity index is 140. The van der Waals surface area contributed by atoms with Crippen molar-refractivity contribution < 1.29 is 0 Å². The van der Waals surface area contributed by atoms with Crippen molar-refractivity contribution in [1.82, 2.24) is 0 Å². The normalized spacial score (nSPS) is 6.33. The van der Waals surface area contributed by atoms with Crippen molar-refractivity contribution in [1.29, 1.82) is 0 Å². The molecule has 0 spiro atoms. The number of hydrogen-bond acceptors (Lipinski definition) is 0. The average Bonchev–Trinajstić information content (AvgIpc) is 1.89. The molecule has 0 bridgehead atoms. The van der Waals surface area contributed by atoms with Crippen molar-refractivity contribution >= 4 is 7.85 Å². The molecule has 0 aromatic rings. The number of rotatable bonds is 0. The molecule has 1 heteroatoms. The van der Waals surface area contributed by atoms with Crippen LogP contribution in [0.15, 0.2) is 0 Å². The van der Waals surface area contributed by atoms with Gasteiger partial charge in [0.25, 0.3) is 0 Å². The fraction of sp³-hybridized carbons (Fsp3) is 0.500. The van der Waals surface area contributed by atoms with Crippen molar-refractivity contribution in [3.63, 3.8) is 0 Å². The maximum atomic E-state index is 2.95. The van der Waals surface area contributed by atoms with Crippen molar-refractivity contribution in [2.45, 2.75) is 26.1 Å². The molecule has 0 atom stereocenters. The van der Waals surface area contributed by atoms with Crippen molar-refractivity contribution in [2.75, 3.05) is 0 Å². The summed E-state index contributed by atoms with van der Waals surface area (Å²) < 4.78 is 0. The Balaban J connectivity index is 3.28. The fourth-order valence-electron chi connectivity index (χ4n) is 0.419. The van der Waals surface area contributed by atoms with Crippen LogP contribution in [-0.4, -0.2) is 7.85 Å². The Labute approximate surface area is 58.4 Å². The summed E-state index contributed by atoms with van der Waals surface area (Å²) in [6, 6.07) is 0. The molecule has 0 fully saturated rings. The van der Waals surface area contributed by atoms with Crippen LogP contribution in [0, 0.1) is 23.7 Å². The quantitative estimate of drug-likeness (QED) is 0.326. The van der Waals surface area contributed by atoms with E-state index in [9.17, 15) is 0 Å². The van der Waals surface area contributed by atoms with Gasteiger partial charge in [0, 0.05) is 6.42 Å². The molecule has 0 aliphatic rings. The molecule has 9 heavy (non-hydrogen) atoms. The molecule has 0 aliphatic carbocycles. The second kappa shape index (κ2) is 7.18. The summed E-state index contributed by atoms with van der Waals surface area (Å²) in [4.78, 5) is 0. The summed E-state index contributed by atoms with van der Waals surface area (Å²) in [5.74, 6) is 11.8. The van der Waals surface area contributed by atoms with Crippen LogP contribution in [0.2, 0.25) is 6.32 Å². The summed E-state index contributed by atoms with van der Waals surface area (Å²) in [5.41, 5.74) is 0. The molecule has 0 amide bonds. The van der Waals surface area contributed by atoms with Crippen molar-refractivity contribution in [2.24, 2.45) is 0 Å². The van der Waals surface area contributed by atoms with Gasteiger partial charge in [-0.15, -0.1) is 11.8 Å². The van der Waals surface area contributed by atoms with E-state index >= 15 is 0 Å². The first-order valence-corrected chi connectivity index (χ1v) is 3.33. The van der Waals surface area contributed by atoms with Gasteiger partial charge in [-0.3, -0.25) is 0 Å². The molecule has 0 aromatic heterocycles. The topological polar surface area (TPSA) is 0 Å². The van der Waals surface area contributed by atoms with Crippen LogP contribution in [0.25, 0.3) is 0 Å². The van der Waals surface area contributed by atoms with Crippen molar-refractivity contribution in [3.05, 3.63) is 0 Å². The lowest BCUT2D eigenvalue weighted by Crippen LogP contribution is -1.61. The summed E-state index contributed by atoms with van der Waals surface area (Å²) in [5, 5.41) is 0. The van der Waals surface area contributed by atoms with E-state index in [4.69, 9.17) is 0 Å². The van der Waals surface area contributed by atoms with Crippen LogP contribution < -0.4 is 0 Å². The molecule has 0 N–H and O–H groups in total. The molecule has 0 aromatic carbocycles. The van der Waals surface area contributed by atoms with Gasteiger partial charge < -0.3 is 0 Å². The minimum Gasteiger partial charge on any atom is -0.111 e. The molecular weight excluding hydrogens is 107 g/mol. The lowest BCUT2D eigenvalue weighted by molar-refractivity contribution is 1.27. The lowest BCUT2D eigenvalue weighted by Gasteiger charge is -1.70. The summed E-state index contributed by atoms with van der Waals surface area (Å²) >= 11 is 0. The van der Waals surface area contributed by atoms with Gasteiger partial charge in [-0.25, -0.2) is 0 Å². The second-order valence-electron chi connectivity index (χ2n) is 1.59. The molecular formula is C8H11B. The van der Waals surface area contributed by atoms with Crippen molar-refractivity contribution in [3.8, 4) is 23.7 Å². The first kappa shape index (κ1) is 8.18. The zero-order valence-electron chi connectivity index (χ0n) is 6.12. The predicted molar refractivity (Wildman–Crippen MR) is 43.8 cm³/mol. The highest BCUT2D eigenvalue weighted by atomic mass is 13.7. The van der Waals surface area contributed by atoms with Crippen LogP contribution in [0.3, 0.4) is 0 Å². The zero-order valence-corrected chi connectivity index (χ0v) is 6.12. The first-order valence-electron chi connectivity index (χ1n) is 3.33. The van der Waals surface area contributed by atoms with Gasteiger partial charge in [0.15, 0.2) is 0 Å². The SMILES string of the molecule is BCC#CCC#CCC. The Kier molecular flexibility index (Phi) is 6.53. The molecule has 0 rings (SSSR count). The van der Waals surface area contributed by atoms with E-state index < -0.39 is 0 Å². The maximum Gasteiger partial charge on any atom is 0.116 e. The number of hydrogen-bond donors (Lipinski definition) is 0. The van der Waals surface area contributed by atoms with Crippen LogP contribution in [0.4, 0.5) is 0 Å². The molecule has 0 unspecified atom stereocenters. The van der Waals surface area contributed by atoms with E-state index in [-0.39, 0.29) is 0 Å². The van der Waals surface area contributed by atoms with Crippen LogP contribution >= 0.6 is 0 Å². The monoisotopic (exact) mass is 118 g/mol. The van der Waals surface area contributed by atoms with Gasteiger partial charge in [-0.2, -0.15) is 0 Å². The third-order valence-electron chi connectivity index (χ3n) is 0.780. The Hall–Kier alpha value is -0.815. The Morgan fingerprint density at radius 2 is 1.78 bits per heavy atom. The van der Waals surface area contributed by atoms with E-state index in [0.717, 1.165) is 19.2 Å². The third kappa shape index (κ3) is 7.18. The molecule has 0 saturated carbocycles. The highest BCUT2D eigenvalue weighted by Gasteiger charge is 1.64. The van der Waals surface area contributed by atoms with Gasteiger partial charge in [0.1, 0.15) is 7.85 Å². The van der Waals surface area contributed by atoms with Crippen LogP contribution in [0.5, 0.6) is 0 Å². The predicted octanol–water partition coefficient (Wildman–Crippen LogP) is 0.845. The Morgan fingerprint density at radius 3 is 2.33 bits per heavy atom. The zero-order chi connectivity index (χ0) is 6.95. The summed E-state index contributed by atoms with van der Waals surface area (Å²) in [7, 11) is 2.04. The smallest absolute Gasteiger partial charge is 0.111 e. The van der Waals surface area contributed by atoms with Crippen LogP contribution in [-0.2, 0) is 0 Å². The van der Waals surface area contributed by atoms with Gasteiger partial charge in [0.05, 0.1) is 6.42 Å². The van der Waals surface area contributed by atoms with E-state index in [2.05, 4.69) is 23.7 Å². The van der Waals surface area contributed by atoms with E-state index in [1.54, 1.807) is 0 Å². The molecule has 46 valence electrons. The maximum absolute atomic E-state index is 2.95. The van der Waals surface area contributed by atoms with E-state index in [0.29, 0.717) is 0 Å². The standard InChI is InChI=1S/C8H11B/c1-2-3-4-5-6-7-8-9/h2,5,8-9H2,1H3. The van der Waals surface area contributed by atoms with Gasteiger partial charge in [-0.1, -0.05) is 18.8 Å². The summed E-state index contributed by atoms with van der Waals surface area (Å²) in [6.45, 7) is 2.04. The van der Waals surface area contributed by atoms with E-state index in [1.807, 2.05) is 14.8 Å².